The number of carbonyl (C=O) groups is 1. The van der Waals surface area contributed by atoms with Gasteiger partial charge in [-0.3, -0.25) is 9.69 Å². The fraction of sp³-hybridized carbons (Fsp3) is 0.625. The van der Waals surface area contributed by atoms with Gasteiger partial charge in [-0.15, -0.1) is 0 Å². The Balaban J connectivity index is 1.11. The number of halogens is 4. The van der Waals surface area contributed by atoms with Crippen LogP contribution in [0, 0.1) is 23.6 Å². The van der Waals surface area contributed by atoms with Crippen LogP contribution in [0.1, 0.15) is 62.0 Å². The van der Waals surface area contributed by atoms with Crippen LogP contribution in [-0.2, 0) is 11.0 Å². The molecule has 0 radical (unpaired) electrons. The van der Waals surface area contributed by atoms with E-state index in [1.807, 2.05) is 18.0 Å². The predicted octanol–water partition coefficient (Wildman–Crippen LogP) is 6.14. The first-order valence-corrected chi connectivity index (χ1v) is 15.3. The Bertz CT molecular complexity index is 1180. The second-order valence-electron chi connectivity index (χ2n) is 12.6. The lowest BCUT2D eigenvalue weighted by atomic mass is 9.87. The highest BCUT2D eigenvalue weighted by Crippen LogP contribution is 2.40. The zero-order chi connectivity index (χ0) is 29.9. The molecule has 6 nitrogen and oxygen atoms in total. The van der Waals surface area contributed by atoms with Crippen LogP contribution in [0.2, 0.25) is 0 Å². The summed E-state index contributed by atoms with van der Waals surface area (Å²) in [6, 6.07) is 8.83. The minimum Gasteiger partial charge on any atom is -0.480 e. The summed E-state index contributed by atoms with van der Waals surface area (Å²) in [6.07, 6.45) is 3.62. The van der Waals surface area contributed by atoms with Gasteiger partial charge in [0.2, 0.25) is 0 Å². The molecule has 3 fully saturated rings. The summed E-state index contributed by atoms with van der Waals surface area (Å²) in [5, 5.41) is 10.00. The Labute approximate surface area is 245 Å². The van der Waals surface area contributed by atoms with Crippen molar-refractivity contribution in [1.29, 1.82) is 0 Å². The highest BCUT2D eigenvalue weighted by molar-refractivity contribution is 5.73. The molecule has 1 saturated carbocycles. The number of carboxylic acid groups (broad SMARTS) is 1. The van der Waals surface area contributed by atoms with Crippen molar-refractivity contribution in [1.82, 2.24) is 14.8 Å². The number of benzene rings is 1. The molecule has 10 heteroatoms. The van der Waals surface area contributed by atoms with Gasteiger partial charge in [-0.2, -0.15) is 13.2 Å². The van der Waals surface area contributed by atoms with Crippen molar-refractivity contribution in [3.8, 4) is 0 Å². The Morgan fingerprint density at radius 3 is 2.48 bits per heavy atom. The number of alkyl halides is 3. The van der Waals surface area contributed by atoms with E-state index in [0.717, 1.165) is 89.1 Å². The monoisotopic (exact) mass is 590 g/mol. The minimum atomic E-state index is -4.38. The first-order valence-electron chi connectivity index (χ1n) is 15.3. The molecule has 1 aliphatic carbocycles. The van der Waals surface area contributed by atoms with E-state index in [4.69, 9.17) is 0 Å². The van der Waals surface area contributed by atoms with Gasteiger partial charge in [-0.25, -0.2) is 9.37 Å². The number of likely N-dealkylation sites (tertiary alicyclic amines) is 2. The van der Waals surface area contributed by atoms with Crippen LogP contribution in [0.3, 0.4) is 0 Å². The van der Waals surface area contributed by atoms with Gasteiger partial charge in [-0.05, 0) is 92.8 Å². The zero-order valence-corrected chi connectivity index (χ0v) is 24.3. The minimum absolute atomic E-state index is 0.105. The summed E-state index contributed by atoms with van der Waals surface area (Å²) < 4.78 is 52.6. The molecule has 42 heavy (non-hydrogen) atoms. The number of carboxylic acids is 1. The topological polar surface area (TPSA) is 59.9 Å². The van der Waals surface area contributed by atoms with E-state index in [0.29, 0.717) is 30.6 Å². The molecular weight excluding hydrogens is 548 g/mol. The number of aromatic nitrogens is 1. The molecule has 230 valence electrons. The van der Waals surface area contributed by atoms with Crippen LogP contribution >= 0.6 is 0 Å². The molecule has 1 aromatic heterocycles. The highest BCUT2D eigenvalue weighted by Gasteiger charge is 2.42. The van der Waals surface area contributed by atoms with Crippen LogP contribution in [0.25, 0.3) is 0 Å². The summed E-state index contributed by atoms with van der Waals surface area (Å²) >= 11 is 0. The molecule has 2 aromatic rings. The number of nitrogens with zero attached hydrogens (tertiary/aromatic N) is 4. The standard InChI is InChI=1S/C32H42F4N4O2/c1-38(30-10-9-26(18-37-30)32(34,35)36)13-3-4-22-11-14-39(15-12-22)19-25-20-40(29(31(41)42)16-23-7-8-23)21-28(25)24-5-2-6-27(33)17-24/h2,5-6,9-10,17-18,22-23,25,28-29H,3-4,7-8,11-16,19-21H2,1H3,(H,41,42)/t25-,28+,29+/m0/s1. The summed E-state index contributed by atoms with van der Waals surface area (Å²) in [6.45, 7) is 4.94. The lowest BCUT2D eigenvalue weighted by Crippen LogP contribution is -2.41. The van der Waals surface area contributed by atoms with Crippen molar-refractivity contribution in [2.75, 3.05) is 51.2 Å². The fourth-order valence-electron chi connectivity index (χ4n) is 6.83. The Kier molecular flexibility index (Phi) is 9.72. The van der Waals surface area contributed by atoms with Gasteiger partial charge in [0.25, 0.3) is 0 Å². The molecule has 0 spiro atoms. The fourth-order valence-corrected chi connectivity index (χ4v) is 6.83. The zero-order valence-electron chi connectivity index (χ0n) is 24.3. The van der Waals surface area contributed by atoms with Crippen molar-refractivity contribution in [3.63, 3.8) is 0 Å². The maximum Gasteiger partial charge on any atom is 0.417 e. The quantitative estimate of drug-likeness (QED) is 0.300. The van der Waals surface area contributed by atoms with Crippen molar-refractivity contribution in [3.05, 3.63) is 59.5 Å². The summed E-state index contributed by atoms with van der Waals surface area (Å²) in [5.74, 6) is 1.01. The summed E-state index contributed by atoms with van der Waals surface area (Å²) in [5.41, 5.74) is 0.221. The molecule has 3 heterocycles. The van der Waals surface area contributed by atoms with Gasteiger partial charge in [0.15, 0.2) is 0 Å². The molecule has 2 aliphatic heterocycles. The molecular formula is C32H42F4N4O2. The first-order chi connectivity index (χ1) is 20.1. The van der Waals surface area contributed by atoms with Crippen LogP contribution in [-0.4, -0.2) is 78.2 Å². The molecule has 1 aromatic carbocycles. The van der Waals surface area contributed by atoms with E-state index in [-0.39, 0.29) is 17.7 Å². The van der Waals surface area contributed by atoms with Gasteiger partial charge in [0, 0.05) is 45.3 Å². The number of piperidine rings is 1. The predicted molar refractivity (Wildman–Crippen MR) is 154 cm³/mol. The van der Waals surface area contributed by atoms with Crippen molar-refractivity contribution in [2.24, 2.45) is 17.8 Å². The van der Waals surface area contributed by atoms with Gasteiger partial charge in [0.05, 0.1) is 5.56 Å². The number of aliphatic carboxylic acids is 1. The number of hydrogen-bond donors (Lipinski definition) is 1. The Morgan fingerprint density at radius 1 is 1.10 bits per heavy atom. The third-order valence-corrected chi connectivity index (χ3v) is 9.50. The average Bonchev–Trinajstić information content (AvgIpc) is 3.69. The van der Waals surface area contributed by atoms with Gasteiger partial charge < -0.3 is 14.9 Å². The maximum atomic E-state index is 14.2. The van der Waals surface area contributed by atoms with Gasteiger partial charge in [-0.1, -0.05) is 25.0 Å². The van der Waals surface area contributed by atoms with Crippen LogP contribution in [0.5, 0.6) is 0 Å². The lowest BCUT2D eigenvalue weighted by molar-refractivity contribution is -0.143. The van der Waals surface area contributed by atoms with Crippen LogP contribution < -0.4 is 4.90 Å². The molecule has 3 aliphatic rings. The number of anilines is 1. The molecule has 0 amide bonds. The molecule has 2 saturated heterocycles. The molecule has 0 unspecified atom stereocenters. The third kappa shape index (κ3) is 8.01. The van der Waals surface area contributed by atoms with E-state index in [2.05, 4.69) is 14.8 Å². The summed E-state index contributed by atoms with van der Waals surface area (Å²) in [4.78, 5) is 22.7. The number of hydrogen-bond acceptors (Lipinski definition) is 5. The Morgan fingerprint density at radius 2 is 1.86 bits per heavy atom. The smallest absolute Gasteiger partial charge is 0.417 e. The number of pyridine rings is 1. The molecule has 0 bridgehead atoms. The van der Waals surface area contributed by atoms with E-state index >= 15 is 0 Å². The molecule has 1 N–H and O–H groups in total. The lowest BCUT2D eigenvalue weighted by Gasteiger charge is -2.35. The van der Waals surface area contributed by atoms with Crippen molar-refractivity contribution in [2.45, 2.75) is 63.1 Å². The van der Waals surface area contributed by atoms with Crippen molar-refractivity contribution < 1.29 is 27.5 Å². The first kappa shape index (κ1) is 30.7. The van der Waals surface area contributed by atoms with E-state index in [1.165, 1.54) is 12.1 Å². The van der Waals surface area contributed by atoms with E-state index in [1.54, 1.807) is 12.1 Å². The SMILES string of the molecule is CN(CCCC1CCN(C[C@H]2CN([C@H](CC3CC3)C(=O)O)C[C@@H]2c2cccc(F)c2)CC1)c1ccc(C(F)(F)F)cn1. The van der Waals surface area contributed by atoms with E-state index in [9.17, 15) is 27.5 Å². The number of rotatable bonds is 12. The van der Waals surface area contributed by atoms with Gasteiger partial charge in [0.1, 0.15) is 17.7 Å². The second kappa shape index (κ2) is 13.3. The van der Waals surface area contributed by atoms with E-state index < -0.39 is 23.8 Å². The Hall–Kier alpha value is -2.72. The molecule has 5 rings (SSSR count). The third-order valence-electron chi connectivity index (χ3n) is 9.50. The normalized spacial score (nSPS) is 23.3. The van der Waals surface area contributed by atoms with Crippen LogP contribution in [0.4, 0.5) is 23.4 Å². The molecule has 3 atom stereocenters. The van der Waals surface area contributed by atoms with Crippen molar-refractivity contribution >= 4 is 11.8 Å². The van der Waals surface area contributed by atoms with Gasteiger partial charge >= 0.3 is 12.1 Å². The largest absolute Gasteiger partial charge is 0.480 e. The second-order valence-corrected chi connectivity index (χ2v) is 12.6. The summed E-state index contributed by atoms with van der Waals surface area (Å²) in [7, 11) is 1.86. The van der Waals surface area contributed by atoms with Crippen LogP contribution in [0.15, 0.2) is 42.6 Å². The maximum absolute atomic E-state index is 14.2. The average molecular weight is 591 g/mol. The highest BCUT2D eigenvalue weighted by atomic mass is 19.4.